The van der Waals surface area contributed by atoms with E-state index >= 15 is 0 Å². The van der Waals surface area contributed by atoms with Gasteiger partial charge in [0.05, 0.1) is 12.7 Å². The summed E-state index contributed by atoms with van der Waals surface area (Å²) < 4.78 is 5.93. The normalized spacial score (nSPS) is 14.6. The van der Waals surface area contributed by atoms with Crippen LogP contribution in [0.5, 0.6) is 5.75 Å². The third-order valence-electron chi connectivity index (χ3n) is 3.70. The van der Waals surface area contributed by atoms with Crippen LogP contribution in [0.2, 0.25) is 0 Å². The number of hydrogen-bond acceptors (Lipinski definition) is 3. The van der Waals surface area contributed by atoms with E-state index in [1.54, 1.807) is 6.08 Å². The lowest BCUT2D eigenvalue weighted by Gasteiger charge is -2.21. The number of nitrogens with zero attached hydrogens (tertiary/aromatic N) is 1. The van der Waals surface area contributed by atoms with E-state index in [-0.39, 0.29) is 25.3 Å². The lowest BCUT2D eigenvalue weighted by Crippen LogP contribution is -2.37. The standard InChI is InChI=1S/C17H24N2O3/c1-2-10-19(11-12-20)17(21)18-14-6-5-9-16(13-14)22-15-7-3-4-8-15/h2,5-6,9,13,15,20H,1,3-4,7-8,10-12H2,(H,18,21). The van der Waals surface area contributed by atoms with Gasteiger partial charge in [0.15, 0.2) is 0 Å². The average molecular weight is 304 g/mol. The number of benzene rings is 1. The molecule has 0 heterocycles. The van der Waals surface area contributed by atoms with E-state index in [9.17, 15) is 4.79 Å². The molecule has 1 aromatic rings. The number of nitrogens with one attached hydrogen (secondary N) is 1. The number of urea groups is 1. The van der Waals surface area contributed by atoms with Crippen LogP contribution in [0.15, 0.2) is 36.9 Å². The number of hydrogen-bond donors (Lipinski definition) is 2. The van der Waals surface area contributed by atoms with Crippen molar-refractivity contribution in [1.82, 2.24) is 4.90 Å². The largest absolute Gasteiger partial charge is 0.490 e. The molecule has 2 amide bonds. The second-order valence-electron chi connectivity index (χ2n) is 5.44. The molecule has 1 fully saturated rings. The summed E-state index contributed by atoms with van der Waals surface area (Å²) in [5.74, 6) is 0.780. The van der Waals surface area contributed by atoms with Gasteiger partial charge >= 0.3 is 6.03 Å². The van der Waals surface area contributed by atoms with Crippen LogP contribution in [0.3, 0.4) is 0 Å². The summed E-state index contributed by atoms with van der Waals surface area (Å²) in [7, 11) is 0. The quantitative estimate of drug-likeness (QED) is 0.761. The summed E-state index contributed by atoms with van der Waals surface area (Å²) in [6.45, 7) is 4.21. The summed E-state index contributed by atoms with van der Waals surface area (Å²) >= 11 is 0. The molecular weight excluding hydrogens is 280 g/mol. The van der Waals surface area contributed by atoms with E-state index < -0.39 is 0 Å². The molecule has 0 aliphatic heterocycles. The summed E-state index contributed by atoms with van der Waals surface area (Å²) in [6, 6.07) is 7.17. The minimum Gasteiger partial charge on any atom is -0.490 e. The number of aliphatic hydroxyl groups is 1. The minimum atomic E-state index is -0.257. The maximum atomic E-state index is 12.2. The number of carbonyl (C=O) groups is 1. The third-order valence-corrected chi connectivity index (χ3v) is 3.70. The Morgan fingerprint density at radius 3 is 2.91 bits per heavy atom. The van der Waals surface area contributed by atoms with Crippen LogP contribution in [-0.4, -0.2) is 41.8 Å². The Morgan fingerprint density at radius 1 is 1.45 bits per heavy atom. The average Bonchev–Trinajstić information content (AvgIpc) is 3.00. The van der Waals surface area contributed by atoms with Crippen LogP contribution >= 0.6 is 0 Å². The molecule has 0 saturated heterocycles. The lowest BCUT2D eigenvalue weighted by molar-refractivity contribution is 0.195. The fourth-order valence-corrected chi connectivity index (χ4v) is 2.60. The first-order chi connectivity index (χ1) is 10.7. The Morgan fingerprint density at radius 2 is 2.23 bits per heavy atom. The van der Waals surface area contributed by atoms with Gasteiger partial charge in [0, 0.05) is 24.8 Å². The summed E-state index contributed by atoms with van der Waals surface area (Å²) in [4.78, 5) is 13.7. The van der Waals surface area contributed by atoms with Gasteiger partial charge in [0.1, 0.15) is 5.75 Å². The molecule has 2 rings (SSSR count). The van der Waals surface area contributed by atoms with Crippen LogP contribution in [0.25, 0.3) is 0 Å². The molecule has 0 atom stereocenters. The molecule has 0 radical (unpaired) electrons. The predicted octanol–water partition coefficient (Wildman–Crippen LogP) is 3.02. The Hall–Kier alpha value is -2.01. The monoisotopic (exact) mass is 304 g/mol. The second-order valence-corrected chi connectivity index (χ2v) is 5.44. The number of amides is 2. The fourth-order valence-electron chi connectivity index (χ4n) is 2.60. The van der Waals surface area contributed by atoms with Crippen molar-refractivity contribution in [1.29, 1.82) is 0 Å². The molecule has 5 nitrogen and oxygen atoms in total. The Bertz CT molecular complexity index is 498. The Kier molecular flexibility index (Phi) is 6.27. The van der Waals surface area contributed by atoms with Gasteiger partial charge < -0.3 is 20.1 Å². The van der Waals surface area contributed by atoms with Gasteiger partial charge in [-0.05, 0) is 37.8 Å². The first-order valence-electron chi connectivity index (χ1n) is 7.77. The molecule has 0 aromatic heterocycles. The highest BCUT2D eigenvalue weighted by Gasteiger charge is 2.17. The topological polar surface area (TPSA) is 61.8 Å². The van der Waals surface area contributed by atoms with E-state index in [0.717, 1.165) is 18.6 Å². The molecule has 2 N–H and O–H groups in total. The first-order valence-corrected chi connectivity index (χ1v) is 7.77. The van der Waals surface area contributed by atoms with Crippen LogP contribution < -0.4 is 10.1 Å². The summed E-state index contributed by atoms with van der Waals surface area (Å²) in [5, 5.41) is 11.8. The molecule has 1 aromatic carbocycles. The summed E-state index contributed by atoms with van der Waals surface area (Å²) in [6.07, 6.45) is 6.56. The van der Waals surface area contributed by atoms with Crippen molar-refractivity contribution in [2.75, 3.05) is 25.0 Å². The molecule has 120 valence electrons. The smallest absolute Gasteiger partial charge is 0.322 e. The first kappa shape index (κ1) is 16.4. The highest BCUT2D eigenvalue weighted by atomic mass is 16.5. The molecule has 0 unspecified atom stereocenters. The maximum absolute atomic E-state index is 12.2. The van der Waals surface area contributed by atoms with Crippen molar-refractivity contribution in [3.8, 4) is 5.75 Å². The molecule has 0 spiro atoms. The third kappa shape index (κ3) is 4.77. The Balaban J connectivity index is 1.96. The van der Waals surface area contributed by atoms with E-state index in [2.05, 4.69) is 11.9 Å². The van der Waals surface area contributed by atoms with E-state index in [1.807, 2.05) is 24.3 Å². The van der Waals surface area contributed by atoms with E-state index in [0.29, 0.717) is 12.2 Å². The lowest BCUT2D eigenvalue weighted by atomic mass is 10.2. The zero-order chi connectivity index (χ0) is 15.8. The molecule has 22 heavy (non-hydrogen) atoms. The Labute approximate surface area is 131 Å². The van der Waals surface area contributed by atoms with Crippen LogP contribution in [0.1, 0.15) is 25.7 Å². The van der Waals surface area contributed by atoms with Crippen molar-refractivity contribution >= 4 is 11.7 Å². The molecule has 0 bridgehead atoms. The molecule has 1 aliphatic rings. The van der Waals surface area contributed by atoms with Gasteiger partial charge in [-0.2, -0.15) is 0 Å². The van der Waals surface area contributed by atoms with Crippen molar-refractivity contribution in [3.63, 3.8) is 0 Å². The minimum absolute atomic E-state index is 0.0773. The number of rotatable bonds is 7. The van der Waals surface area contributed by atoms with Gasteiger partial charge in [-0.3, -0.25) is 0 Å². The molecule has 1 saturated carbocycles. The SMILES string of the molecule is C=CCN(CCO)C(=O)Nc1cccc(OC2CCCC2)c1. The number of anilines is 1. The number of carbonyl (C=O) groups excluding carboxylic acids is 1. The number of aliphatic hydroxyl groups excluding tert-OH is 1. The van der Waals surface area contributed by atoms with Crippen LogP contribution in [-0.2, 0) is 0 Å². The summed E-state index contributed by atoms with van der Waals surface area (Å²) in [5.41, 5.74) is 0.687. The predicted molar refractivity (Wildman–Crippen MR) is 87.2 cm³/mol. The van der Waals surface area contributed by atoms with Crippen molar-refractivity contribution < 1.29 is 14.6 Å². The number of ether oxygens (including phenoxy) is 1. The maximum Gasteiger partial charge on any atom is 0.322 e. The van der Waals surface area contributed by atoms with E-state index in [4.69, 9.17) is 9.84 Å². The zero-order valence-electron chi connectivity index (χ0n) is 12.8. The molecule has 5 heteroatoms. The van der Waals surface area contributed by atoms with E-state index in [1.165, 1.54) is 17.7 Å². The zero-order valence-corrected chi connectivity index (χ0v) is 12.8. The highest BCUT2D eigenvalue weighted by molar-refractivity contribution is 5.89. The molecule has 1 aliphatic carbocycles. The van der Waals surface area contributed by atoms with Gasteiger partial charge in [0.25, 0.3) is 0 Å². The molecular formula is C17H24N2O3. The van der Waals surface area contributed by atoms with Crippen LogP contribution in [0.4, 0.5) is 10.5 Å². The fraction of sp³-hybridized carbons (Fsp3) is 0.471. The van der Waals surface area contributed by atoms with Gasteiger partial charge in [-0.15, -0.1) is 6.58 Å². The van der Waals surface area contributed by atoms with Crippen LogP contribution in [0, 0.1) is 0 Å². The van der Waals surface area contributed by atoms with Crippen molar-refractivity contribution in [2.45, 2.75) is 31.8 Å². The van der Waals surface area contributed by atoms with Gasteiger partial charge in [-0.25, -0.2) is 4.79 Å². The van der Waals surface area contributed by atoms with Crippen molar-refractivity contribution in [2.24, 2.45) is 0 Å². The highest BCUT2D eigenvalue weighted by Crippen LogP contribution is 2.25. The van der Waals surface area contributed by atoms with Gasteiger partial charge in [0.2, 0.25) is 0 Å². The van der Waals surface area contributed by atoms with Crippen molar-refractivity contribution in [3.05, 3.63) is 36.9 Å². The second kappa shape index (κ2) is 8.44. The van der Waals surface area contributed by atoms with Gasteiger partial charge in [-0.1, -0.05) is 12.1 Å².